The van der Waals surface area contributed by atoms with E-state index >= 15 is 0 Å². The molecule has 0 saturated carbocycles. The Labute approximate surface area is 113 Å². The van der Waals surface area contributed by atoms with E-state index < -0.39 is 17.7 Å². The van der Waals surface area contributed by atoms with Crippen molar-refractivity contribution in [3.05, 3.63) is 58.7 Å². The number of ether oxygens (including phenoxy) is 1. The Hall–Kier alpha value is -2.32. The molecule has 0 fully saturated rings. The van der Waals surface area contributed by atoms with Crippen LogP contribution in [0.15, 0.2) is 42.2 Å². The Balaban J connectivity index is 2.39. The Kier molecular flexibility index (Phi) is 3.83. The molecule has 0 bridgehead atoms. The van der Waals surface area contributed by atoms with Crippen molar-refractivity contribution in [2.24, 2.45) is 0 Å². The molecule has 0 aliphatic carbocycles. The molecule has 1 N–H and O–H groups in total. The summed E-state index contributed by atoms with van der Waals surface area (Å²) in [5, 5.41) is 11.3. The minimum Gasteiger partial charge on any atom is -0.367 e. The molecule has 6 heteroatoms. The van der Waals surface area contributed by atoms with Crippen LogP contribution in [0.1, 0.15) is 11.5 Å². The van der Waals surface area contributed by atoms with E-state index in [-0.39, 0.29) is 10.6 Å². The number of nitrogens with zero attached hydrogens (tertiary/aromatic N) is 1. The lowest BCUT2D eigenvalue weighted by Gasteiger charge is -2.19. The van der Waals surface area contributed by atoms with Crippen molar-refractivity contribution in [1.82, 2.24) is 5.32 Å². The summed E-state index contributed by atoms with van der Waals surface area (Å²) >= 11 is 5.97. The Morgan fingerprint density at radius 1 is 1.53 bits per heavy atom. The Bertz CT molecular complexity index is 620. The van der Waals surface area contributed by atoms with E-state index in [0.29, 0.717) is 5.56 Å². The third-order valence-corrected chi connectivity index (χ3v) is 2.96. The van der Waals surface area contributed by atoms with Gasteiger partial charge in [0.2, 0.25) is 0 Å². The van der Waals surface area contributed by atoms with Gasteiger partial charge in [-0.2, -0.15) is 0 Å². The van der Waals surface area contributed by atoms with Gasteiger partial charge in [0.15, 0.2) is 0 Å². The van der Waals surface area contributed by atoms with Gasteiger partial charge in [0.25, 0.3) is 6.26 Å². The van der Waals surface area contributed by atoms with Crippen LogP contribution in [0.5, 0.6) is 0 Å². The maximum atomic E-state index is 13.0. The van der Waals surface area contributed by atoms with Crippen LogP contribution in [-0.2, 0) is 9.53 Å². The lowest BCUT2D eigenvalue weighted by Crippen LogP contribution is -2.18. The lowest BCUT2D eigenvalue weighted by atomic mass is 9.90. The highest BCUT2D eigenvalue weighted by Gasteiger charge is 2.25. The topological polar surface area (TPSA) is 62.1 Å². The maximum Gasteiger partial charge on any atom is 0.351 e. The van der Waals surface area contributed by atoms with Crippen LogP contribution in [0.25, 0.3) is 0 Å². The van der Waals surface area contributed by atoms with E-state index in [2.05, 4.69) is 10.1 Å². The Morgan fingerprint density at radius 2 is 2.32 bits per heavy atom. The number of dihydropyridines is 1. The number of hydrogen-bond donors (Lipinski definition) is 1. The number of esters is 1. The highest BCUT2D eigenvalue weighted by Crippen LogP contribution is 2.33. The second-order valence-electron chi connectivity index (χ2n) is 3.75. The number of carbonyl (C=O) groups is 1. The van der Waals surface area contributed by atoms with Crippen LogP contribution >= 0.6 is 11.6 Å². The van der Waals surface area contributed by atoms with Gasteiger partial charge in [0.05, 0.1) is 5.57 Å². The number of rotatable bonds is 2. The molecule has 1 aliphatic heterocycles. The van der Waals surface area contributed by atoms with Gasteiger partial charge in [0, 0.05) is 17.1 Å². The van der Waals surface area contributed by atoms with Gasteiger partial charge in [-0.25, -0.2) is 9.18 Å². The standard InChI is InChI=1S/C13H8ClFN2O2/c14-12-5-8(15)1-2-10(12)9-3-4-17-6-11(9)13(18)19-7-16/h1-6,9,17H. The van der Waals surface area contributed by atoms with Crippen LogP contribution in [0.3, 0.4) is 0 Å². The van der Waals surface area contributed by atoms with E-state index in [9.17, 15) is 9.18 Å². The molecule has 0 aromatic heterocycles. The normalized spacial score (nSPS) is 17.1. The molecule has 1 heterocycles. The smallest absolute Gasteiger partial charge is 0.351 e. The minimum atomic E-state index is -0.773. The first kappa shape index (κ1) is 13.1. The number of carbonyl (C=O) groups excluding carboxylic acids is 1. The number of allylic oxidation sites excluding steroid dienone is 1. The Morgan fingerprint density at radius 3 is 3.00 bits per heavy atom. The zero-order valence-corrected chi connectivity index (χ0v) is 10.3. The zero-order chi connectivity index (χ0) is 13.8. The largest absolute Gasteiger partial charge is 0.367 e. The molecule has 1 aliphatic rings. The summed E-state index contributed by atoms with van der Waals surface area (Å²) in [5.74, 6) is -1.73. The first-order chi connectivity index (χ1) is 9.13. The second kappa shape index (κ2) is 5.55. The van der Waals surface area contributed by atoms with E-state index in [1.165, 1.54) is 30.7 Å². The van der Waals surface area contributed by atoms with E-state index in [1.807, 2.05) is 0 Å². The first-order valence-corrected chi connectivity index (χ1v) is 5.69. The average Bonchev–Trinajstić information content (AvgIpc) is 2.39. The molecule has 19 heavy (non-hydrogen) atoms. The second-order valence-corrected chi connectivity index (χ2v) is 4.16. The molecule has 0 saturated heterocycles. The molecular formula is C13H8ClFN2O2. The molecule has 0 radical (unpaired) electrons. The number of hydrogen-bond acceptors (Lipinski definition) is 4. The van der Waals surface area contributed by atoms with Crippen LogP contribution in [0.2, 0.25) is 5.02 Å². The molecule has 0 spiro atoms. The molecule has 96 valence electrons. The molecule has 1 unspecified atom stereocenters. The van der Waals surface area contributed by atoms with Crippen molar-refractivity contribution in [2.45, 2.75) is 5.92 Å². The molecular weight excluding hydrogens is 271 g/mol. The van der Waals surface area contributed by atoms with Gasteiger partial charge in [0.1, 0.15) is 5.82 Å². The summed E-state index contributed by atoms with van der Waals surface area (Å²) < 4.78 is 17.3. The maximum absolute atomic E-state index is 13.0. The molecule has 0 amide bonds. The third kappa shape index (κ3) is 2.75. The van der Waals surface area contributed by atoms with Crippen molar-refractivity contribution < 1.29 is 13.9 Å². The molecule has 4 nitrogen and oxygen atoms in total. The molecule has 1 atom stereocenters. The fourth-order valence-corrected chi connectivity index (χ4v) is 2.08. The van der Waals surface area contributed by atoms with Crippen molar-refractivity contribution in [1.29, 1.82) is 5.26 Å². The van der Waals surface area contributed by atoms with Crippen LogP contribution < -0.4 is 5.32 Å². The predicted octanol–water partition coefficient (Wildman–Crippen LogP) is 2.59. The zero-order valence-electron chi connectivity index (χ0n) is 9.56. The summed E-state index contributed by atoms with van der Waals surface area (Å²) in [6.07, 6.45) is 6.04. The number of benzene rings is 1. The van der Waals surface area contributed by atoms with Gasteiger partial charge < -0.3 is 10.1 Å². The predicted molar refractivity (Wildman–Crippen MR) is 66.2 cm³/mol. The SMILES string of the molecule is N#COC(=O)C1=CNC=CC1c1ccc(F)cc1Cl. The molecule has 2 rings (SSSR count). The minimum absolute atomic E-state index is 0.201. The van der Waals surface area contributed by atoms with Crippen molar-refractivity contribution in [2.75, 3.05) is 0 Å². The van der Waals surface area contributed by atoms with E-state index in [1.54, 1.807) is 12.3 Å². The van der Waals surface area contributed by atoms with Gasteiger partial charge in [-0.05, 0) is 23.9 Å². The van der Waals surface area contributed by atoms with Gasteiger partial charge in [-0.1, -0.05) is 23.7 Å². The monoisotopic (exact) mass is 278 g/mol. The number of halogens is 2. The van der Waals surface area contributed by atoms with Crippen molar-refractivity contribution in [3.63, 3.8) is 0 Å². The number of nitriles is 1. The third-order valence-electron chi connectivity index (χ3n) is 2.63. The number of nitrogens with one attached hydrogen (secondary N) is 1. The molecule has 1 aromatic carbocycles. The van der Waals surface area contributed by atoms with Crippen LogP contribution in [0, 0.1) is 17.3 Å². The lowest BCUT2D eigenvalue weighted by molar-refractivity contribution is -0.132. The quantitative estimate of drug-likeness (QED) is 0.667. The highest BCUT2D eigenvalue weighted by atomic mass is 35.5. The van der Waals surface area contributed by atoms with E-state index in [0.717, 1.165) is 0 Å². The summed E-state index contributed by atoms with van der Waals surface area (Å²) in [6, 6.07) is 3.91. The van der Waals surface area contributed by atoms with Gasteiger partial charge in [-0.3, -0.25) is 0 Å². The average molecular weight is 279 g/mol. The summed E-state index contributed by atoms with van der Waals surface area (Å²) in [6.45, 7) is 0. The van der Waals surface area contributed by atoms with Crippen molar-refractivity contribution in [3.8, 4) is 6.26 Å². The van der Waals surface area contributed by atoms with Gasteiger partial charge in [-0.15, -0.1) is 5.26 Å². The summed E-state index contributed by atoms with van der Waals surface area (Å²) in [4.78, 5) is 11.7. The van der Waals surface area contributed by atoms with E-state index in [4.69, 9.17) is 16.9 Å². The summed E-state index contributed by atoms with van der Waals surface area (Å²) in [5.41, 5.74) is 0.777. The summed E-state index contributed by atoms with van der Waals surface area (Å²) in [7, 11) is 0. The van der Waals surface area contributed by atoms with Crippen LogP contribution in [0.4, 0.5) is 4.39 Å². The fourth-order valence-electron chi connectivity index (χ4n) is 1.79. The van der Waals surface area contributed by atoms with Crippen molar-refractivity contribution >= 4 is 17.6 Å². The van der Waals surface area contributed by atoms with Gasteiger partial charge >= 0.3 is 5.97 Å². The fraction of sp³-hybridized carbons (Fsp3) is 0.0769. The highest BCUT2D eigenvalue weighted by molar-refractivity contribution is 6.31. The first-order valence-electron chi connectivity index (χ1n) is 5.31. The van der Waals surface area contributed by atoms with Crippen LogP contribution in [-0.4, -0.2) is 5.97 Å². The molecule has 1 aromatic rings.